The summed E-state index contributed by atoms with van der Waals surface area (Å²) < 4.78 is 0. The molecule has 2 N–H and O–H groups in total. The average molecular weight is 267 g/mol. The first-order valence-corrected chi connectivity index (χ1v) is 6.15. The van der Waals surface area contributed by atoms with Gasteiger partial charge in [-0.1, -0.05) is 12.1 Å². The minimum absolute atomic E-state index is 0.158. The molecule has 0 aliphatic carbocycles. The molecule has 2 amide bonds. The van der Waals surface area contributed by atoms with Crippen molar-refractivity contribution in [3.8, 4) is 0 Å². The van der Waals surface area contributed by atoms with Crippen molar-refractivity contribution in [3.63, 3.8) is 0 Å². The van der Waals surface area contributed by atoms with E-state index in [-0.39, 0.29) is 11.8 Å². The van der Waals surface area contributed by atoms with E-state index < -0.39 is 0 Å². The quantitative estimate of drug-likeness (QED) is 0.897. The molecule has 0 aliphatic rings. The van der Waals surface area contributed by atoms with E-state index in [1.54, 1.807) is 55.6 Å². The Morgan fingerprint density at radius 2 is 1.35 bits per heavy atom. The molecule has 2 aromatic carbocycles. The molecule has 0 spiro atoms. The average Bonchev–Trinajstić information content (AvgIpc) is 2.48. The molecule has 0 aromatic heterocycles. The zero-order valence-electron chi connectivity index (χ0n) is 11.1. The molecule has 0 unspecified atom stereocenters. The minimum Gasteiger partial charge on any atom is -0.355 e. The first-order valence-electron chi connectivity index (χ1n) is 6.15. The molecule has 0 bridgehead atoms. The lowest BCUT2D eigenvalue weighted by molar-refractivity contribution is 0.0962. The van der Waals surface area contributed by atoms with Crippen molar-refractivity contribution < 1.29 is 9.59 Å². The molecule has 0 aliphatic heterocycles. The normalized spacial score (nSPS) is 9.90. The summed E-state index contributed by atoms with van der Waals surface area (Å²) in [7, 11) is 1.57. The summed E-state index contributed by atoms with van der Waals surface area (Å²) in [5.41, 5.74) is 2.61. The van der Waals surface area contributed by atoms with E-state index in [2.05, 4.69) is 17.6 Å². The SMILES string of the molecule is [CH2]c1ccc(C(=O)Nc2ccc(C(=O)NC)cc2)cc1. The van der Waals surface area contributed by atoms with Crippen LogP contribution < -0.4 is 10.6 Å². The highest BCUT2D eigenvalue weighted by Gasteiger charge is 2.07. The second-order valence-electron chi connectivity index (χ2n) is 4.31. The molecule has 2 aromatic rings. The summed E-state index contributed by atoms with van der Waals surface area (Å²) in [6.07, 6.45) is 0. The largest absolute Gasteiger partial charge is 0.355 e. The number of carbonyl (C=O) groups is 2. The topological polar surface area (TPSA) is 58.2 Å². The molecule has 0 fully saturated rings. The fourth-order valence-electron chi connectivity index (χ4n) is 1.71. The van der Waals surface area contributed by atoms with Gasteiger partial charge in [0.1, 0.15) is 0 Å². The number of rotatable bonds is 3. The predicted molar refractivity (Wildman–Crippen MR) is 78.7 cm³/mol. The van der Waals surface area contributed by atoms with Crippen molar-refractivity contribution in [2.75, 3.05) is 12.4 Å². The Morgan fingerprint density at radius 3 is 1.90 bits per heavy atom. The Kier molecular flexibility index (Phi) is 4.15. The van der Waals surface area contributed by atoms with Gasteiger partial charge >= 0.3 is 0 Å². The van der Waals surface area contributed by atoms with E-state index in [9.17, 15) is 9.59 Å². The highest BCUT2D eigenvalue weighted by Crippen LogP contribution is 2.12. The van der Waals surface area contributed by atoms with Gasteiger partial charge in [-0.05, 0) is 48.9 Å². The van der Waals surface area contributed by atoms with Crippen molar-refractivity contribution in [1.82, 2.24) is 5.32 Å². The van der Waals surface area contributed by atoms with Crippen LogP contribution in [0.3, 0.4) is 0 Å². The molecule has 0 saturated heterocycles. The summed E-state index contributed by atoms with van der Waals surface area (Å²) in [4.78, 5) is 23.4. The zero-order chi connectivity index (χ0) is 14.5. The third-order valence-corrected chi connectivity index (χ3v) is 2.85. The number of benzene rings is 2. The van der Waals surface area contributed by atoms with Gasteiger partial charge in [0.2, 0.25) is 0 Å². The van der Waals surface area contributed by atoms with Crippen LogP contribution in [0.2, 0.25) is 0 Å². The van der Waals surface area contributed by atoms with E-state index in [1.807, 2.05) is 0 Å². The van der Waals surface area contributed by atoms with E-state index in [0.29, 0.717) is 16.8 Å². The van der Waals surface area contributed by atoms with Crippen molar-refractivity contribution in [2.45, 2.75) is 0 Å². The summed E-state index contributed by atoms with van der Waals surface area (Å²) in [5.74, 6) is -0.355. The van der Waals surface area contributed by atoms with Crippen LogP contribution in [0, 0.1) is 6.92 Å². The maximum atomic E-state index is 12.0. The Hall–Kier alpha value is -2.62. The second kappa shape index (κ2) is 6.02. The van der Waals surface area contributed by atoms with Crippen molar-refractivity contribution >= 4 is 17.5 Å². The van der Waals surface area contributed by atoms with Gasteiger partial charge < -0.3 is 10.6 Å². The molecule has 4 nitrogen and oxygen atoms in total. The Labute approximate surface area is 117 Å². The number of carbonyl (C=O) groups excluding carboxylic acids is 2. The van der Waals surface area contributed by atoms with Crippen molar-refractivity contribution in [1.29, 1.82) is 0 Å². The van der Waals surface area contributed by atoms with Crippen molar-refractivity contribution in [2.24, 2.45) is 0 Å². The summed E-state index contributed by atoms with van der Waals surface area (Å²) >= 11 is 0. The lowest BCUT2D eigenvalue weighted by Gasteiger charge is -2.06. The molecule has 0 saturated carbocycles. The molecular formula is C16H15N2O2. The molecule has 20 heavy (non-hydrogen) atoms. The van der Waals surface area contributed by atoms with Gasteiger partial charge in [0.25, 0.3) is 11.8 Å². The van der Waals surface area contributed by atoms with E-state index in [1.165, 1.54) is 0 Å². The highest BCUT2D eigenvalue weighted by atomic mass is 16.2. The van der Waals surface area contributed by atoms with Gasteiger partial charge in [-0.2, -0.15) is 0 Å². The molecular weight excluding hydrogens is 252 g/mol. The molecule has 2 rings (SSSR count). The van der Waals surface area contributed by atoms with Crippen LogP contribution in [0.4, 0.5) is 5.69 Å². The van der Waals surface area contributed by atoms with E-state index >= 15 is 0 Å². The number of hydrogen-bond acceptors (Lipinski definition) is 2. The van der Waals surface area contributed by atoms with Crippen LogP contribution in [-0.2, 0) is 0 Å². The van der Waals surface area contributed by atoms with E-state index in [4.69, 9.17) is 0 Å². The number of amides is 2. The van der Waals surface area contributed by atoms with Crippen LogP contribution in [0.5, 0.6) is 0 Å². The smallest absolute Gasteiger partial charge is 0.255 e. The molecule has 1 radical (unpaired) electrons. The standard InChI is InChI=1S/C16H15N2O2/c1-11-3-5-13(6-4-11)16(20)18-14-9-7-12(8-10-14)15(19)17-2/h3-10H,1H2,2H3,(H,17,19)(H,18,20). The fraction of sp³-hybridized carbons (Fsp3) is 0.0625. The number of nitrogens with one attached hydrogen (secondary N) is 2. The van der Waals surface area contributed by atoms with Crippen molar-refractivity contribution in [3.05, 3.63) is 72.1 Å². The fourth-order valence-corrected chi connectivity index (χ4v) is 1.71. The molecule has 0 atom stereocenters. The highest BCUT2D eigenvalue weighted by molar-refractivity contribution is 6.04. The lowest BCUT2D eigenvalue weighted by Crippen LogP contribution is -2.17. The monoisotopic (exact) mass is 267 g/mol. The summed E-state index contributed by atoms with van der Waals surface area (Å²) in [5, 5.41) is 5.31. The third kappa shape index (κ3) is 3.23. The van der Waals surface area contributed by atoms with Crippen LogP contribution >= 0.6 is 0 Å². The molecule has 0 heterocycles. The first kappa shape index (κ1) is 13.8. The summed E-state index contributed by atoms with van der Waals surface area (Å²) in [6.45, 7) is 3.77. The minimum atomic E-state index is -0.197. The van der Waals surface area contributed by atoms with Gasteiger partial charge in [0.05, 0.1) is 0 Å². The third-order valence-electron chi connectivity index (χ3n) is 2.85. The molecule has 101 valence electrons. The zero-order valence-corrected chi connectivity index (χ0v) is 11.1. The van der Waals surface area contributed by atoms with Gasteiger partial charge in [-0.15, -0.1) is 0 Å². The Balaban J connectivity index is 2.08. The molecule has 4 heteroatoms. The second-order valence-corrected chi connectivity index (χ2v) is 4.31. The van der Waals surface area contributed by atoms with Gasteiger partial charge in [-0.3, -0.25) is 9.59 Å². The van der Waals surface area contributed by atoms with Gasteiger partial charge in [0, 0.05) is 23.9 Å². The van der Waals surface area contributed by atoms with Crippen LogP contribution in [0.1, 0.15) is 26.3 Å². The summed E-state index contributed by atoms with van der Waals surface area (Å²) in [6, 6.07) is 13.7. The maximum Gasteiger partial charge on any atom is 0.255 e. The van der Waals surface area contributed by atoms with E-state index in [0.717, 1.165) is 5.56 Å². The lowest BCUT2D eigenvalue weighted by atomic mass is 10.1. The van der Waals surface area contributed by atoms with Gasteiger partial charge in [0.15, 0.2) is 0 Å². The Bertz CT molecular complexity index is 616. The predicted octanol–water partition coefficient (Wildman–Crippen LogP) is 2.48. The van der Waals surface area contributed by atoms with Crippen LogP contribution in [-0.4, -0.2) is 18.9 Å². The maximum absolute atomic E-state index is 12.0. The Morgan fingerprint density at radius 1 is 0.850 bits per heavy atom. The number of anilines is 1. The number of hydrogen-bond donors (Lipinski definition) is 2. The first-order chi connectivity index (χ1) is 9.60. The van der Waals surface area contributed by atoms with Crippen LogP contribution in [0.15, 0.2) is 48.5 Å². The van der Waals surface area contributed by atoms with Crippen LogP contribution in [0.25, 0.3) is 0 Å². The van der Waals surface area contributed by atoms with Gasteiger partial charge in [-0.25, -0.2) is 0 Å².